The molecule has 0 radical (unpaired) electrons. The molecule has 0 N–H and O–H groups in total. The zero-order valence-corrected chi connectivity index (χ0v) is 18.1. The van der Waals surface area contributed by atoms with Gasteiger partial charge in [-0.2, -0.15) is 0 Å². The molecular formula is C23H22ClN5O3. The molecule has 3 heterocycles. The Hall–Kier alpha value is -3.23. The highest BCUT2D eigenvalue weighted by Crippen LogP contribution is 2.27. The molecule has 0 unspecified atom stereocenters. The summed E-state index contributed by atoms with van der Waals surface area (Å²) in [5.74, 6) is -0.260. The molecule has 0 spiro atoms. The standard InChI is InChI=1S/C23H22ClN5O3/c24-18-8-4-7-17(13-18)22(30)27-9-11-28(12-10-27)23(31)21-19-15-32-20(14-29(19)26-25-21)16-5-2-1-3-6-16/h1-8,13,20H,9-12,14-15H2/t20-/m1/s1. The molecule has 9 heteroatoms. The number of fused-ring (bicyclic) bond motifs is 1. The number of rotatable bonds is 3. The van der Waals surface area contributed by atoms with Crippen molar-refractivity contribution in [2.45, 2.75) is 19.3 Å². The molecule has 1 fully saturated rings. The van der Waals surface area contributed by atoms with Crippen LogP contribution >= 0.6 is 11.6 Å². The van der Waals surface area contributed by atoms with Crippen LogP contribution in [0.2, 0.25) is 5.02 Å². The number of piperazine rings is 1. The van der Waals surface area contributed by atoms with Crippen LogP contribution in [0.1, 0.15) is 38.2 Å². The van der Waals surface area contributed by atoms with Crippen molar-refractivity contribution in [2.75, 3.05) is 26.2 Å². The van der Waals surface area contributed by atoms with E-state index in [-0.39, 0.29) is 24.5 Å². The maximum atomic E-state index is 13.1. The molecular weight excluding hydrogens is 430 g/mol. The first kappa shape index (κ1) is 20.7. The van der Waals surface area contributed by atoms with Crippen LogP contribution in [0.25, 0.3) is 0 Å². The van der Waals surface area contributed by atoms with Gasteiger partial charge < -0.3 is 14.5 Å². The summed E-state index contributed by atoms with van der Waals surface area (Å²) in [5.41, 5.74) is 2.64. The lowest BCUT2D eigenvalue weighted by molar-refractivity contribution is -0.00202. The van der Waals surface area contributed by atoms with E-state index in [0.717, 1.165) is 5.56 Å². The molecule has 32 heavy (non-hydrogen) atoms. The molecule has 3 aromatic rings. The van der Waals surface area contributed by atoms with Crippen molar-refractivity contribution in [3.05, 3.63) is 82.1 Å². The number of carbonyl (C=O) groups excluding carboxylic acids is 2. The second kappa shape index (κ2) is 8.72. The molecule has 2 amide bonds. The van der Waals surface area contributed by atoms with E-state index in [2.05, 4.69) is 10.3 Å². The van der Waals surface area contributed by atoms with Crippen LogP contribution in [0.5, 0.6) is 0 Å². The number of amides is 2. The van der Waals surface area contributed by atoms with Crippen molar-refractivity contribution in [1.82, 2.24) is 24.8 Å². The van der Waals surface area contributed by atoms with E-state index >= 15 is 0 Å². The predicted octanol–water partition coefficient (Wildman–Crippen LogP) is 2.80. The summed E-state index contributed by atoms with van der Waals surface area (Å²) in [6.45, 7) is 2.57. The fraction of sp³-hybridized carbons (Fsp3) is 0.304. The lowest BCUT2D eigenvalue weighted by atomic mass is 10.1. The molecule has 0 aliphatic carbocycles. The van der Waals surface area contributed by atoms with Gasteiger partial charge in [-0.25, -0.2) is 4.68 Å². The van der Waals surface area contributed by atoms with Crippen LogP contribution < -0.4 is 0 Å². The summed E-state index contributed by atoms with van der Waals surface area (Å²) in [7, 11) is 0. The van der Waals surface area contributed by atoms with Gasteiger partial charge in [0.05, 0.1) is 18.8 Å². The van der Waals surface area contributed by atoms with E-state index in [9.17, 15) is 9.59 Å². The van der Waals surface area contributed by atoms with Crippen LogP contribution in [-0.2, 0) is 17.9 Å². The molecule has 1 aromatic heterocycles. The summed E-state index contributed by atoms with van der Waals surface area (Å²) in [6, 6.07) is 16.8. The Labute approximate surface area is 190 Å². The van der Waals surface area contributed by atoms with Crippen molar-refractivity contribution in [1.29, 1.82) is 0 Å². The maximum Gasteiger partial charge on any atom is 0.276 e. The molecule has 1 saturated heterocycles. The highest BCUT2D eigenvalue weighted by atomic mass is 35.5. The molecule has 164 valence electrons. The number of aromatic nitrogens is 3. The van der Waals surface area contributed by atoms with Gasteiger partial charge in [-0.1, -0.05) is 53.2 Å². The zero-order valence-electron chi connectivity index (χ0n) is 17.4. The topological polar surface area (TPSA) is 80.6 Å². The Bertz CT molecular complexity index is 1140. The molecule has 1 atom stereocenters. The van der Waals surface area contributed by atoms with Gasteiger partial charge in [0.2, 0.25) is 0 Å². The van der Waals surface area contributed by atoms with Gasteiger partial charge in [0.25, 0.3) is 11.8 Å². The lowest BCUT2D eigenvalue weighted by Crippen LogP contribution is -2.50. The minimum Gasteiger partial charge on any atom is -0.365 e. The first-order chi connectivity index (χ1) is 15.6. The molecule has 2 aliphatic rings. The highest BCUT2D eigenvalue weighted by Gasteiger charge is 2.32. The van der Waals surface area contributed by atoms with Crippen LogP contribution in [-0.4, -0.2) is 62.8 Å². The minimum absolute atomic E-state index is 0.0824. The van der Waals surface area contributed by atoms with Gasteiger partial charge in [-0.05, 0) is 23.8 Å². The van der Waals surface area contributed by atoms with E-state index in [4.69, 9.17) is 16.3 Å². The Morgan fingerprint density at radius 2 is 1.66 bits per heavy atom. The monoisotopic (exact) mass is 451 g/mol. The van der Waals surface area contributed by atoms with E-state index in [1.54, 1.807) is 38.7 Å². The van der Waals surface area contributed by atoms with E-state index < -0.39 is 0 Å². The van der Waals surface area contributed by atoms with Crippen molar-refractivity contribution >= 4 is 23.4 Å². The van der Waals surface area contributed by atoms with Crippen molar-refractivity contribution in [2.24, 2.45) is 0 Å². The van der Waals surface area contributed by atoms with Gasteiger partial charge in [-0.3, -0.25) is 9.59 Å². The van der Waals surface area contributed by atoms with Crippen molar-refractivity contribution < 1.29 is 14.3 Å². The van der Waals surface area contributed by atoms with Gasteiger partial charge >= 0.3 is 0 Å². The number of carbonyl (C=O) groups is 2. The van der Waals surface area contributed by atoms with Crippen LogP contribution in [0.4, 0.5) is 0 Å². The summed E-state index contributed by atoms with van der Waals surface area (Å²) in [4.78, 5) is 29.3. The largest absolute Gasteiger partial charge is 0.365 e. The summed E-state index contributed by atoms with van der Waals surface area (Å²) in [6.07, 6.45) is -0.116. The van der Waals surface area contributed by atoms with Gasteiger partial charge in [0, 0.05) is 36.8 Å². The Balaban J connectivity index is 1.23. The fourth-order valence-electron chi connectivity index (χ4n) is 4.11. The average Bonchev–Trinajstić information content (AvgIpc) is 3.27. The number of nitrogens with zero attached hydrogens (tertiary/aromatic N) is 5. The third kappa shape index (κ3) is 3.99. The quantitative estimate of drug-likeness (QED) is 0.611. The first-order valence-electron chi connectivity index (χ1n) is 10.5. The second-order valence-electron chi connectivity index (χ2n) is 7.87. The molecule has 5 rings (SSSR count). The van der Waals surface area contributed by atoms with Crippen molar-refractivity contribution in [3.8, 4) is 0 Å². The number of benzene rings is 2. The molecule has 8 nitrogen and oxygen atoms in total. The Morgan fingerprint density at radius 3 is 2.38 bits per heavy atom. The number of halogens is 1. The second-order valence-corrected chi connectivity index (χ2v) is 8.31. The molecule has 2 aliphatic heterocycles. The number of hydrogen-bond acceptors (Lipinski definition) is 5. The predicted molar refractivity (Wildman–Crippen MR) is 117 cm³/mol. The van der Waals surface area contributed by atoms with Gasteiger partial charge in [0.1, 0.15) is 6.10 Å². The molecule has 0 saturated carbocycles. The summed E-state index contributed by atoms with van der Waals surface area (Å²) < 4.78 is 7.76. The van der Waals surface area contributed by atoms with Crippen LogP contribution in [0, 0.1) is 0 Å². The van der Waals surface area contributed by atoms with Crippen LogP contribution in [0.3, 0.4) is 0 Å². The molecule has 2 aromatic carbocycles. The van der Waals surface area contributed by atoms with E-state index in [1.807, 2.05) is 30.3 Å². The van der Waals surface area contributed by atoms with E-state index in [1.165, 1.54) is 0 Å². The first-order valence-corrected chi connectivity index (χ1v) is 10.9. The minimum atomic E-state index is -0.178. The lowest BCUT2D eigenvalue weighted by Gasteiger charge is -2.34. The zero-order chi connectivity index (χ0) is 22.1. The maximum absolute atomic E-state index is 13.1. The van der Waals surface area contributed by atoms with Gasteiger partial charge in [-0.15, -0.1) is 5.10 Å². The fourth-order valence-corrected chi connectivity index (χ4v) is 4.30. The Kier molecular flexibility index (Phi) is 5.63. The highest BCUT2D eigenvalue weighted by molar-refractivity contribution is 6.30. The number of ether oxygens (including phenoxy) is 1. The number of hydrogen-bond donors (Lipinski definition) is 0. The van der Waals surface area contributed by atoms with Crippen molar-refractivity contribution in [3.63, 3.8) is 0 Å². The normalized spacial score (nSPS) is 18.3. The molecule has 0 bridgehead atoms. The third-order valence-corrected chi connectivity index (χ3v) is 6.13. The van der Waals surface area contributed by atoms with E-state index in [0.29, 0.717) is 54.7 Å². The van der Waals surface area contributed by atoms with Crippen LogP contribution in [0.15, 0.2) is 54.6 Å². The average molecular weight is 452 g/mol. The third-order valence-electron chi connectivity index (χ3n) is 5.90. The smallest absolute Gasteiger partial charge is 0.276 e. The summed E-state index contributed by atoms with van der Waals surface area (Å²) >= 11 is 6.00. The summed E-state index contributed by atoms with van der Waals surface area (Å²) in [5, 5.41) is 8.89. The van der Waals surface area contributed by atoms with Gasteiger partial charge in [0.15, 0.2) is 5.69 Å². The SMILES string of the molecule is O=C(c1cccc(Cl)c1)N1CCN(C(=O)c2nnn3c2CO[C@@H](c2ccccc2)C3)CC1. The Morgan fingerprint density at radius 1 is 0.938 bits per heavy atom.